The van der Waals surface area contributed by atoms with Crippen LogP contribution >= 0.6 is 0 Å². The van der Waals surface area contributed by atoms with Crippen molar-refractivity contribution in [2.75, 3.05) is 4.90 Å². The molecule has 0 atom stereocenters. The number of hydrogen-bond acceptors (Lipinski definition) is 5. The maximum Gasteiger partial charge on any atom is 0.138 e. The molecule has 6 heteroatoms. The van der Waals surface area contributed by atoms with Gasteiger partial charge >= 0.3 is 0 Å². The Bertz CT molecular complexity index is 2710. The normalized spacial score (nSPS) is 13.7. The molecule has 5 nitrogen and oxygen atoms in total. The smallest absolute Gasteiger partial charge is 0.138 e. The van der Waals surface area contributed by atoms with Crippen LogP contribution in [0.2, 0.25) is 0 Å². The summed E-state index contributed by atoms with van der Waals surface area (Å²) in [5, 5.41) is 0. The summed E-state index contributed by atoms with van der Waals surface area (Å²) in [5.41, 5.74) is 8.63. The van der Waals surface area contributed by atoms with E-state index in [4.69, 9.17) is 17.7 Å². The number of fused-ring (bicyclic) bond motifs is 4. The van der Waals surface area contributed by atoms with E-state index in [1.807, 2.05) is 121 Å². The molecule has 1 radical (unpaired) electrons. The minimum Gasteiger partial charge on any atom is -0.497 e. The summed E-state index contributed by atoms with van der Waals surface area (Å²) < 4.78 is 60.0. The number of aromatic nitrogens is 2. The van der Waals surface area contributed by atoms with Gasteiger partial charge in [-0.2, -0.15) is 0 Å². The van der Waals surface area contributed by atoms with E-state index in [2.05, 4.69) is 39.1 Å². The molecule has 0 aliphatic carbocycles. The molecule has 0 N–H and O–H groups in total. The second-order valence-corrected chi connectivity index (χ2v) is 12.4. The van der Waals surface area contributed by atoms with Crippen LogP contribution < -0.4 is 14.4 Å². The number of nitrogens with zero attached hydrogens (tertiary/aromatic N) is 3. The van der Waals surface area contributed by atoms with Gasteiger partial charge in [-0.05, 0) is 70.8 Å². The molecule has 8 aromatic rings. The number of benzene rings is 6. The number of aryl methyl sites for hydroxylation is 2. The molecule has 2 aromatic heterocycles. The van der Waals surface area contributed by atoms with Crippen LogP contribution in [0.15, 0.2) is 164 Å². The van der Waals surface area contributed by atoms with Crippen LogP contribution in [0, 0.1) is 25.8 Å². The van der Waals surface area contributed by atoms with E-state index in [-0.39, 0.29) is 31.2 Å². The number of anilines is 3. The van der Waals surface area contributed by atoms with Crippen molar-refractivity contribution in [1.82, 2.24) is 9.97 Å². The topological polar surface area (TPSA) is 47.5 Å². The van der Waals surface area contributed by atoms with Gasteiger partial charge in [0.15, 0.2) is 0 Å². The molecule has 263 valence electrons. The Kier molecular flexibility index (Phi) is 7.81. The molecule has 2 aliphatic heterocycles. The number of pyridine rings is 2. The van der Waals surface area contributed by atoms with Gasteiger partial charge in [0.1, 0.15) is 11.5 Å². The van der Waals surface area contributed by atoms with Crippen LogP contribution in [-0.2, 0) is 20.1 Å². The van der Waals surface area contributed by atoms with Gasteiger partial charge in [-0.15, -0.1) is 41.5 Å². The molecule has 2 aliphatic rings. The zero-order valence-electron chi connectivity index (χ0n) is 34.6. The average molecular weight is 882 g/mol. The van der Waals surface area contributed by atoms with Crippen molar-refractivity contribution in [1.29, 1.82) is 0 Å². The fourth-order valence-corrected chi connectivity index (χ4v) is 6.60. The van der Waals surface area contributed by atoms with Gasteiger partial charge in [-0.1, -0.05) is 121 Å². The van der Waals surface area contributed by atoms with Crippen LogP contribution in [0.3, 0.4) is 0 Å². The number of ether oxygens (including phenoxy) is 2. The molecular weight excluding hydrogens is 843 g/mol. The van der Waals surface area contributed by atoms with Gasteiger partial charge in [0.2, 0.25) is 0 Å². The molecule has 0 bridgehead atoms. The second-order valence-electron chi connectivity index (χ2n) is 12.4. The molecular formula is C48H33IrN3O2-2. The number of hydrogen-bond donors (Lipinski definition) is 0. The molecule has 0 unspecified atom stereocenters. The molecule has 0 saturated heterocycles. The fourth-order valence-electron chi connectivity index (χ4n) is 6.60. The number of rotatable bonds is 4. The van der Waals surface area contributed by atoms with E-state index >= 15 is 0 Å². The molecule has 10 rings (SSSR count). The zero-order valence-corrected chi connectivity index (χ0v) is 31.0. The predicted octanol–water partition coefficient (Wildman–Crippen LogP) is 12.7. The maximum absolute atomic E-state index is 7.92. The van der Waals surface area contributed by atoms with E-state index in [0.717, 1.165) is 56.7 Å². The Labute approximate surface area is 337 Å². The Morgan fingerprint density at radius 1 is 0.574 bits per heavy atom. The first kappa shape index (κ1) is 28.2. The van der Waals surface area contributed by atoms with Crippen LogP contribution in [-0.4, -0.2) is 9.97 Å². The second kappa shape index (κ2) is 15.0. The van der Waals surface area contributed by atoms with Gasteiger partial charge in [0.05, 0.1) is 22.9 Å². The van der Waals surface area contributed by atoms with Crippen molar-refractivity contribution in [2.45, 2.75) is 13.7 Å². The molecule has 0 spiro atoms. The Balaban J connectivity index is 0.000000165. The largest absolute Gasteiger partial charge is 0.497 e. The summed E-state index contributed by atoms with van der Waals surface area (Å²) in [4.78, 5) is 11.1. The Hall–Kier alpha value is -6.33. The fraction of sp³-hybridized carbons (Fsp3) is 0.0417. The molecule has 0 fully saturated rings. The summed E-state index contributed by atoms with van der Waals surface area (Å²) in [5.74, 6) is 3.04. The van der Waals surface area contributed by atoms with Crippen LogP contribution in [0.4, 0.5) is 17.1 Å². The van der Waals surface area contributed by atoms with Crippen molar-refractivity contribution in [3.63, 3.8) is 0 Å². The first-order valence-corrected chi connectivity index (χ1v) is 17.1. The first-order chi connectivity index (χ1) is 28.5. The quantitative estimate of drug-likeness (QED) is 0.165. The maximum atomic E-state index is 7.92. The van der Waals surface area contributed by atoms with E-state index in [9.17, 15) is 0 Å². The molecule has 6 aromatic carbocycles. The third-order valence-corrected chi connectivity index (χ3v) is 9.11. The minimum absolute atomic E-state index is 0. The van der Waals surface area contributed by atoms with Crippen molar-refractivity contribution in [2.24, 2.45) is 0 Å². The monoisotopic (exact) mass is 882 g/mol. The standard InChI is InChI=1S/C25H20N.C23H13N2O2.Ir/c1-18-13-14-22(15-23(18)20-9-5-3-6-10-20)25-16-24(19(2)17-26-25)21-11-7-4-8-12-21;1-3-10-19-17(8-1)25-18-9-2-4-11-20(18)27-23-15(16-7-5-6-14-24-16)12-13-21(26-19)22(23)25;/h3-13,15-17H,1-2H3;1-11,13-14H;/q2*-1;/i1D3,2D3;;. The molecule has 0 amide bonds. The summed E-state index contributed by atoms with van der Waals surface area (Å²) in [6.45, 7) is -4.62. The summed E-state index contributed by atoms with van der Waals surface area (Å²) >= 11 is 0. The summed E-state index contributed by atoms with van der Waals surface area (Å²) in [7, 11) is 0. The van der Waals surface area contributed by atoms with Gasteiger partial charge in [-0.25, -0.2) is 0 Å². The van der Waals surface area contributed by atoms with Gasteiger partial charge in [-0.3, -0.25) is 0 Å². The van der Waals surface area contributed by atoms with Crippen LogP contribution in [0.1, 0.15) is 19.4 Å². The third kappa shape index (κ3) is 6.47. The van der Waals surface area contributed by atoms with E-state index in [1.165, 1.54) is 12.3 Å². The first-order valence-electron chi connectivity index (χ1n) is 20.1. The summed E-state index contributed by atoms with van der Waals surface area (Å²) in [6, 6.07) is 53.6. The SMILES string of the molecule is [2H]C([2H])([2H])c1c[c-]c(-c2cc(-c3ccccc3)c(C([2H])([2H])[2H])cn2)cc1-c1ccccc1.[Ir].[c-]1cc2c3c(c1-c1ccccn1)Oc1ccccc1N3c1ccccc1O2. The molecule has 0 saturated carbocycles. The Morgan fingerprint density at radius 3 is 1.87 bits per heavy atom. The van der Waals surface area contributed by atoms with E-state index < -0.39 is 13.7 Å². The van der Waals surface area contributed by atoms with Gasteiger partial charge in [0, 0.05) is 46.4 Å². The van der Waals surface area contributed by atoms with Gasteiger partial charge in [0.25, 0.3) is 0 Å². The van der Waals surface area contributed by atoms with Crippen LogP contribution in [0.5, 0.6) is 23.0 Å². The Morgan fingerprint density at radius 2 is 1.20 bits per heavy atom. The van der Waals surface area contributed by atoms with E-state index in [1.54, 1.807) is 18.3 Å². The third-order valence-electron chi connectivity index (χ3n) is 9.11. The minimum atomic E-state index is -2.32. The zero-order chi connectivity index (χ0) is 40.7. The van der Waals surface area contributed by atoms with Crippen molar-refractivity contribution in [3.05, 3.63) is 187 Å². The summed E-state index contributed by atoms with van der Waals surface area (Å²) in [6.07, 6.45) is 3.15. The number of para-hydroxylation sites is 4. The van der Waals surface area contributed by atoms with Gasteiger partial charge < -0.3 is 24.3 Å². The molecule has 4 heterocycles. The molecule has 54 heavy (non-hydrogen) atoms. The van der Waals surface area contributed by atoms with Crippen molar-refractivity contribution in [3.8, 4) is 67.8 Å². The van der Waals surface area contributed by atoms with E-state index in [0.29, 0.717) is 28.1 Å². The van der Waals surface area contributed by atoms with Crippen molar-refractivity contribution < 1.29 is 37.8 Å². The average Bonchev–Trinajstić information content (AvgIpc) is 3.26. The van der Waals surface area contributed by atoms with Crippen molar-refractivity contribution >= 4 is 17.1 Å². The predicted molar refractivity (Wildman–Crippen MR) is 212 cm³/mol. The van der Waals surface area contributed by atoms with Crippen LogP contribution in [0.25, 0.3) is 44.8 Å².